The van der Waals surface area contributed by atoms with Gasteiger partial charge in [0.15, 0.2) is 0 Å². The van der Waals surface area contributed by atoms with Crippen LogP contribution in [-0.4, -0.2) is 37.1 Å². The Kier molecular flexibility index (Phi) is 16.4. The van der Waals surface area contributed by atoms with Crippen LogP contribution in [-0.2, 0) is 9.53 Å². The lowest BCUT2D eigenvalue weighted by Crippen LogP contribution is -2.33. The fraction of sp³-hybridized carbons (Fsp3) is 0.947. The van der Waals surface area contributed by atoms with Crippen molar-refractivity contribution in [1.82, 2.24) is 4.90 Å². The van der Waals surface area contributed by atoms with Gasteiger partial charge in [0.2, 0.25) is 0 Å². The van der Waals surface area contributed by atoms with Crippen molar-refractivity contribution in [2.45, 2.75) is 91.4 Å². The zero-order valence-corrected chi connectivity index (χ0v) is 15.4. The van der Waals surface area contributed by atoms with Gasteiger partial charge in [-0.2, -0.15) is 0 Å². The van der Waals surface area contributed by atoms with Crippen LogP contribution in [0.1, 0.15) is 91.4 Å². The van der Waals surface area contributed by atoms with Gasteiger partial charge in [0, 0.05) is 0 Å². The van der Waals surface area contributed by atoms with Gasteiger partial charge in [-0.3, -0.25) is 9.69 Å². The first kappa shape index (κ1) is 21.4. The molecule has 0 aromatic carbocycles. The Morgan fingerprint density at radius 3 is 1.77 bits per heavy atom. The SMILES string of the molecule is CCCCCCCOC(=O)CN(CCCCC)CCCCC. The second-order valence-electron chi connectivity index (χ2n) is 6.33. The minimum absolute atomic E-state index is 0.0384. The normalized spacial score (nSPS) is 11.1. The third-order valence-corrected chi connectivity index (χ3v) is 4.02. The fourth-order valence-electron chi connectivity index (χ4n) is 2.56. The summed E-state index contributed by atoms with van der Waals surface area (Å²) in [5.41, 5.74) is 0. The molecule has 22 heavy (non-hydrogen) atoms. The highest BCUT2D eigenvalue weighted by molar-refractivity contribution is 5.71. The van der Waals surface area contributed by atoms with Gasteiger partial charge in [0.1, 0.15) is 0 Å². The molecule has 3 nitrogen and oxygen atoms in total. The molecule has 0 unspecified atom stereocenters. The number of rotatable bonds is 16. The average Bonchev–Trinajstić information content (AvgIpc) is 2.51. The number of hydrogen-bond donors (Lipinski definition) is 0. The summed E-state index contributed by atoms with van der Waals surface area (Å²) in [6, 6.07) is 0. The Balaban J connectivity index is 3.81. The molecule has 0 aliphatic heterocycles. The lowest BCUT2D eigenvalue weighted by atomic mass is 10.2. The molecule has 132 valence electrons. The van der Waals surface area contributed by atoms with Gasteiger partial charge in [0.05, 0.1) is 13.2 Å². The van der Waals surface area contributed by atoms with E-state index in [-0.39, 0.29) is 5.97 Å². The van der Waals surface area contributed by atoms with Crippen LogP contribution >= 0.6 is 0 Å². The summed E-state index contributed by atoms with van der Waals surface area (Å²) >= 11 is 0. The number of carbonyl (C=O) groups excluding carboxylic acids is 1. The van der Waals surface area contributed by atoms with Crippen molar-refractivity contribution in [2.24, 2.45) is 0 Å². The van der Waals surface area contributed by atoms with E-state index < -0.39 is 0 Å². The van der Waals surface area contributed by atoms with E-state index in [1.165, 1.54) is 64.2 Å². The van der Waals surface area contributed by atoms with Gasteiger partial charge in [-0.1, -0.05) is 72.1 Å². The average molecular weight is 314 g/mol. The van der Waals surface area contributed by atoms with Gasteiger partial charge in [0.25, 0.3) is 0 Å². The first-order chi connectivity index (χ1) is 10.7. The largest absolute Gasteiger partial charge is 0.465 e. The summed E-state index contributed by atoms with van der Waals surface area (Å²) in [6.07, 6.45) is 13.3. The first-order valence-corrected chi connectivity index (χ1v) is 9.62. The molecule has 3 heteroatoms. The van der Waals surface area contributed by atoms with Crippen molar-refractivity contribution < 1.29 is 9.53 Å². The molecule has 0 atom stereocenters. The predicted octanol–water partition coefficient (Wildman–Crippen LogP) is 5.18. The fourth-order valence-corrected chi connectivity index (χ4v) is 2.56. The maximum atomic E-state index is 11.9. The standard InChI is InChI=1S/C19H39NO2/c1-4-7-10-11-14-17-22-19(21)18-20(15-12-8-5-2)16-13-9-6-3/h4-18H2,1-3H3. The number of unbranched alkanes of at least 4 members (excludes halogenated alkanes) is 8. The van der Waals surface area contributed by atoms with Gasteiger partial charge < -0.3 is 4.74 Å². The Labute approximate surface area is 138 Å². The van der Waals surface area contributed by atoms with Gasteiger partial charge >= 0.3 is 5.97 Å². The predicted molar refractivity (Wildman–Crippen MR) is 95.2 cm³/mol. The summed E-state index contributed by atoms with van der Waals surface area (Å²) in [5, 5.41) is 0. The first-order valence-electron chi connectivity index (χ1n) is 9.62. The van der Waals surface area contributed by atoms with Crippen LogP contribution in [0.3, 0.4) is 0 Å². The van der Waals surface area contributed by atoms with E-state index >= 15 is 0 Å². The zero-order valence-electron chi connectivity index (χ0n) is 15.4. The van der Waals surface area contributed by atoms with Crippen molar-refractivity contribution in [1.29, 1.82) is 0 Å². The Hall–Kier alpha value is -0.570. The highest BCUT2D eigenvalue weighted by atomic mass is 16.5. The van der Waals surface area contributed by atoms with E-state index in [4.69, 9.17) is 4.74 Å². The lowest BCUT2D eigenvalue weighted by molar-refractivity contribution is -0.145. The van der Waals surface area contributed by atoms with Crippen LogP contribution in [0.15, 0.2) is 0 Å². The molecule has 0 bridgehead atoms. The van der Waals surface area contributed by atoms with E-state index in [1.807, 2.05) is 0 Å². The highest BCUT2D eigenvalue weighted by Crippen LogP contribution is 2.05. The third kappa shape index (κ3) is 14.4. The molecular formula is C19H39NO2. The van der Waals surface area contributed by atoms with Crippen LogP contribution in [0, 0.1) is 0 Å². The molecule has 0 saturated carbocycles. The quantitative estimate of drug-likeness (QED) is 0.290. The van der Waals surface area contributed by atoms with Crippen molar-refractivity contribution >= 4 is 5.97 Å². The molecule has 0 saturated heterocycles. The summed E-state index contributed by atoms with van der Waals surface area (Å²) in [7, 11) is 0. The van der Waals surface area contributed by atoms with Crippen LogP contribution in [0.5, 0.6) is 0 Å². The molecule has 0 amide bonds. The number of nitrogens with zero attached hydrogens (tertiary/aromatic N) is 1. The summed E-state index contributed by atoms with van der Waals surface area (Å²) in [5.74, 6) is -0.0384. The second-order valence-corrected chi connectivity index (χ2v) is 6.33. The molecule has 0 spiro atoms. The molecule has 0 radical (unpaired) electrons. The Bertz CT molecular complexity index is 234. The minimum Gasteiger partial charge on any atom is -0.465 e. The maximum absolute atomic E-state index is 11.9. The van der Waals surface area contributed by atoms with Gasteiger partial charge in [-0.25, -0.2) is 0 Å². The molecule has 0 N–H and O–H groups in total. The number of ether oxygens (including phenoxy) is 1. The number of esters is 1. The molecule has 0 aliphatic rings. The van der Waals surface area contributed by atoms with Crippen LogP contribution < -0.4 is 0 Å². The van der Waals surface area contributed by atoms with Crippen molar-refractivity contribution in [3.05, 3.63) is 0 Å². The molecule has 0 fully saturated rings. The van der Waals surface area contributed by atoms with E-state index in [1.54, 1.807) is 0 Å². The van der Waals surface area contributed by atoms with Gasteiger partial charge in [-0.05, 0) is 32.4 Å². The molecule has 0 rings (SSSR count). The van der Waals surface area contributed by atoms with Gasteiger partial charge in [-0.15, -0.1) is 0 Å². The topological polar surface area (TPSA) is 29.5 Å². The summed E-state index contributed by atoms with van der Waals surface area (Å²) in [6.45, 7) is 9.78. The number of carbonyl (C=O) groups is 1. The van der Waals surface area contributed by atoms with Crippen LogP contribution in [0.4, 0.5) is 0 Å². The monoisotopic (exact) mass is 313 g/mol. The minimum atomic E-state index is -0.0384. The lowest BCUT2D eigenvalue weighted by Gasteiger charge is -2.21. The van der Waals surface area contributed by atoms with E-state index in [2.05, 4.69) is 25.7 Å². The molecule has 0 aliphatic carbocycles. The number of hydrogen-bond acceptors (Lipinski definition) is 3. The summed E-state index contributed by atoms with van der Waals surface area (Å²) < 4.78 is 5.38. The Morgan fingerprint density at radius 2 is 1.23 bits per heavy atom. The van der Waals surface area contributed by atoms with E-state index in [0.717, 1.165) is 19.5 Å². The molecule has 0 heterocycles. The van der Waals surface area contributed by atoms with Crippen LogP contribution in [0.25, 0.3) is 0 Å². The Morgan fingerprint density at radius 1 is 0.727 bits per heavy atom. The zero-order chi connectivity index (χ0) is 16.5. The third-order valence-electron chi connectivity index (χ3n) is 4.02. The molecule has 0 aromatic rings. The second kappa shape index (κ2) is 16.8. The highest BCUT2D eigenvalue weighted by Gasteiger charge is 2.11. The smallest absolute Gasteiger partial charge is 0.320 e. The molecule has 0 aromatic heterocycles. The maximum Gasteiger partial charge on any atom is 0.320 e. The van der Waals surface area contributed by atoms with Crippen LogP contribution in [0.2, 0.25) is 0 Å². The summed E-state index contributed by atoms with van der Waals surface area (Å²) in [4.78, 5) is 14.2. The van der Waals surface area contributed by atoms with E-state index in [9.17, 15) is 4.79 Å². The van der Waals surface area contributed by atoms with Crippen molar-refractivity contribution in [3.63, 3.8) is 0 Å². The van der Waals surface area contributed by atoms with Crippen molar-refractivity contribution in [2.75, 3.05) is 26.2 Å². The molecular weight excluding hydrogens is 274 g/mol. The van der Waals surface area contributed by atoms with Crippen molar-refractivity contribution in [3.8, 4) is 0 Å². The van der Waals surface area contributed by atoms with E-state index in [0.29, 0.717) is 13.2 Å².